The molecule has 3 N–H and O–H groups in total. The second-order valence-corrected chi connectivity index (χ2v) is 7.21. The number of nitrogens with two attached hydrogens (primary N) is 1. The van der Waals surface area contributed by atoms with Crippen molar-refractivity contribution in [1.82, 2.24) is 34.8 Å². The van der Waals surface area contributed by atoms with E-state index in [1.165, 1.54) is 0 Å². The van der Waals surface area contributed by atoms with Crippen LogP contribution in [0.2, 0.25) is 5.28 Å². The molecule has 3 aromatic heterocycles. The summed E-state index contributed by atoms with van der Waals surface area (Å²) in [6.45, 7) is 4.54. The maximum atomic E-state index is 6.55. The maximum absolute atomic E-state index is 6.55. The van der Waals surface area contributed by atoms with Crippen molar-refractivity contribution in [3.05, 3.63) is 17.7 Å². The zero-order valence-electron chi connectivity index (χ0n) is 15.2. The van der Waals surface area contributed by atoms with E-state index in [0.29, 0.717) is 35.4 Å². The number of aromatic nitrogens is 6. The normalized spacial score (nSPS) is 20.2. The molecule has 2 saturated heterocycles. The highest BCUT2D eigenvalue weighted by atomic mass is 35.5. The summed E-state index contributed by atoms with van der Waals surface area (Å²) in [7, 11) is 0. The molecule has 0 amide bonds. The Morgan fingerprint density at radius 1 is 1.14 bits per heavy atom. The first-order valence-electron chi connectivity index (χ1n) is 9.27. The molecule has 10 nitrogen and oxygen atoms in total. The number of morpholine rings is 1. The molecule has 0 saturated carbocycles. The van der Waals surface area contributed by atoms with Gasteiger partial charge in [-0.05, 0) is 24.6 Å². The van der Waals surface area contributed by atoms with E-state index in [1.807, 2.05) is 4.57 Å². The van der Waals surface area contributed by atoms with Gasteiger partial charge in [0, 0.05) is 32.0 Å². The van der Waals surface area contributed by atoms with Gasteiger partial charge in [0.25, 0.3) is 0 Å². The molecule has 3 aromatic rings. The Morgan fingerprint density at radius 2 is 1.93 bits per heavy atom. The minimum absolute atomic E-state index is 0.209. The van der Waals surface area contributed by atoms with Crippen molar-refractivity contribution in [2.24, 2.45) is 0 Å². The maximum Gasteiger partial charge on any atom is 0.219 e. The summed E-state index contributed by atoms with van der Waals surface area (Å²) >= 11 is 6.55. The molecule has 0 unspecified atom stereocenters. The molecule has 0 aliphatic carbocycles. The van der Waals surface area contributed by atoms with Gasteiger partial charge in [0.05, 0.1) is 24.8 Å². The summed E-state index contributed by atoms with van der Waals surface area (Å²) in [5, 5.41) is 3.80. The third kappa shape index (κ3) is 3.03. The van der Waals surface area contributed by atoms with Gasteiger partial charge in [0.2, 0.25) is 11.2 Å². The molecule has 2 aliphatic heterocycles. The summed E-state index contributed by atoms with van der Waals surface area (Å²) in [5.41, 5.74) is 7.75. The molecule has 2 aliphatic rings. The summed E-state index contributed by atoms with van der Waals surface area (Å²) < 4.78 is 7.50. The van der Waals surface area contributed by atoms with E-state index in [4.69, 9.17) is 32.0 Å². The van der Waals surface area contributed by atoms with Gasteiger partial charge in [-0.3, -0.25) is 4.57 Å². The van der Waals surface area contributed by atoms with Crippen LogP contribution in [0.4, 0.5) is 11.8 Å². The van der Waals surface area contributed by atoms with Crippen LogP contribution in [0, 0.1) is 0 Å². The van der Waals surface area contributed by atoms with Gasteiger partial charge in [0.1, 0.15) is 0 Å². The number of ether oxygens (including phenoxy) is 1. The second kappa shape index (κ2) is 7.12. The Kier molecular flexibility index (Phi) is 4.46. The molecular formula is C17H20ClN9O. The topological polar surface area (TPSA) is 120 Å². The summed E-state index contributed by atoms with van der Waals surface area (Å²) in [5.74, 6) is 1.49. The number of hydrogen-bond donors (Lipinski definition) is 2. The Morgan fingerprint density at radius 3 is 2.64 bits per heavy atom. The minimum atomic E-state index is 0.209. The molecule has 0 bridgehead atoms. The smallest absolute Gasteiger partial charge is 0.219 e. The molecule has 1 atom stereocenters. The zero-order chi connectivity index (χ0) is 19.1. The number of nitrogens with zero attached hydrogens (tertiary/aromatic N) is 7. The predicted octanol–water partition coefficient (Wildman–Crippen LogP) is 0.890. The van der Waals surface area contributed by atoms with Crippen molar-refractivity contribution in [2.45, 2.75) is 12.5 Å². The van der Waals surface area contributed by atoms with Gasteiger partial charge < -0.3 is 20.7 Å². The first-order valence-corrected chi connectivity index (χ1v) is 9.65. The molecule has 2 fully saturated rings. The van der Waals surface area contributed by atoms with Crippen LogP contribution in [0.15, 0.2) is 12.4 Å². The highest BCUT2D eigenvalue weighted by Crippen LogP contribution is 2.33. The van der Waals surface area contributed by atoms with E-state index < -0.39 is 0 Å². The highest BCUT2D eigenvalue weighted by Gasteiger charge is 2.27. The number of nitrogen functional groups attached to an aromatic ring is 1. The number of imidazole rings is 1. The van der Waals surface area contributed by atoms with Gasteiger partial charge in [-0.2, -0.15) is 0 Å². The number of nitrogens with one attached hydrogen (secondary N) is 1. The lowest BCUT2D eigenvalue weighted by atomic mass is 10.2. The van der Waals surface area contributed by atoms with E-state index in [1.54, 1.807) is 12.4 Å². The fraction of sp³-hybridized carbons (Fsp3) is 0.471. The van der Waals surface area contributed by atoms with Crippen molar-refractivity contribution >= 4 is 34.5 Å². The van der Waals surface area contributed by atoms with Crippen molar-refractivity contribution in [3.8, 4) is 11.4 Å². The summed E-state index contributed by atoms with van der Waals surface area (Å²) in [6.07, 6.45) is 4.24. The number of rotatable bonds is 3. The molecule has 11 heteroatoms. The molecule has 5 rings (SSSR count). The molecular weight excluding hydrogens is 382 g/mol. The van der Waals surface area contributed by atoms with Gasteiger partial charge in [-0.1, -0.05) is 0 Å². The molecule has 0 aromatic carbocycles. The Bertz CT molecular complexity index is 994. The minimum Gasteiger partial charge on any atom is -0.378 e. The van der Waals surface area contributed by atoms with E-state index in [2.05, 4.69) is 25.2 Å². The third-order valence-corrected chi connectivity index (χ3v) is 5.38. The van der Waals surface area contributed by atoms with Crippen LogP contribution in [0.25, 0.3) is 22.6 Å². The fourth-order valence-electron chi connectivity index (χ4n) is 3.69. The first-order chi connectivity index (χ1) is 13.7. The third-order valence-electron chi connectivity index (χ3n) is 5.12. The van der Waals surface area contributed by atoms with Crippen LogP contribution in [-0.4, -0.2) is 68.9 Å². The lowest BCUT2D eigenvalue weighted by molar-refractivity contribution is 0.122. The Balaban J connectivity index is 1.71. The summed E-state index contributed by atoms with van der Waals surface area (Å²) in [4.78, 5) is 24.5. The van der Waals surface area contributed by atoms with Crippen LogP contribution in [-0.2, 0) is 4.74 Å². The average molecular weight is 402 g/mol. The largest absolute Gasteiger partial charge is 0.378 e. The fourth-order valence-corrected chi connectivity index (χ4v) is 4.00. The average Bonchev–Trinajstić information content (AvgIpc) is 3.35. The monoisotopic (exact) mass is 401 g/mol. The van der Waals surface area contributed by atoms with E-state index >= 15 is 0 Å². The number of halogens is 1. The van der Waals surface area contributed by atoms with Crippen LogP contribution in [0.1, 0.15) is 12.5 Å². The Hall–Kier alpha value is -2.56. The van der Waals surface area contributed by atoms with Gasteiger partial charge in [0.15, 0.2) is 22.8 Å². The molecule has 146 valence electrons. The number of hydrogen-bond acceptors (Lipinski definition) is 9. The second-order valence-electron chi connectivity index (χ2n) is 6.87. The Labute approximate surface area is 166 Å². The zero-order valence-corrected chi connectivity index (χ0v) is 15.9. The van der Waals surface area contributed by atoms with Crippen LogP contribution >= 0.6 is 11.6 Å². The van der Waals surface area contributed by atoms with Crippen molar-refractivity contribution in [2.75, 3.05) is 50.0 Å². The van der Waals surface area contributed by atoms with Gasteiger partial charge >= 0.3 is 0 Å². The van der Waals surface area contributed by atoms with E-state index in [0.717, 1.165) is 44.1 Å². The quantitative estimate of drug-likeness (QED) is 0.616. The van der Waals surface area contributed by atoms with Crippen LogP contribution < -0.4 is 16.0 Å². The van der Waals surface area contributed by atoms with Gasteiger partial charge in [-0.15, -0.1) is 0 Å². The highest BCUT2D eigenvalue weighted by molar-refractivity contribution is 6.29. The lowest BCUT2D eigenvalue weighted by Crippen LogP contribution is -2.37. The number of fused-ring (bicyclic) bond motifs is 1. The van der Waals surface area contributed by atoms with Crippen LogP contribution in [0.5, 0.6) is 0 Å². The SMILES string of the molecule is Nc1ncc(-c2nc(N3CCOCC3)c3nc(Cl)n([C@H]4CCNC4)c3n2)cn1. The van der Waals surface area contributed by atoms with Gasteiger partial charge in [-0.25, -0.2) is 24.9 Å². The summed E-state index contributed by atoms with van der Waals surface area (Å²) in [6, 6.07) is 0.209. The lowest BCUT2D eigenvalue weighted by Gasteiger charge is -2.28. The molecule has 0 spiro atoms. The first kappa shape index (κ1) is 17.5. The van der Waals surface area contributed by atoms with Crippen molar-refractivity contribution in [1.29, 1.82) is 0 Å². The van der Waals surface area contributed by atoms with Crippen molar-refractivity contribution < 1.29 is 4.74 Å². The number of anilines is 2. The standard InChI is InChI=1S/C17H20ClN9O/c18-16-23-12-14(26-3-5-28-6-4-26)24-13(10-7-21-17(19)22-8-10)25-15(12)27(16)11-1-2-20-9-11/h7-8,11,20H,1-6,9H2,(H2,19,21,22)/t11-/m0/s1. The molecule has 28 heavy (non-hydrogen) atoms. The molecule has 0 radical (unpaired) electrons. The van der Waals surface area contributed by atoms with Crippen molar-refractivity contribution in [3.63, 3.8) is 0 Å². The van der Waals surface area contributed by atoms with Crippen LogP contribution in [0.3, 0.4) is 0 Å². The van der Waals surface area contributed by atoms with E-state index in [-0.39, 0.29) is 12.0 Å². The molecule has 5 heterocycles. The predicted molar refractivity (Wildman–Crippen MR) is 105 cm³/mol. The van der Waals surface area contributed by atoms with E-state index in [9.17, 15) is 0 Å².